The number of nitrogens with one attached hydrogen (secondary N) is 1. The van der Waals surface area contributed by atoms with Crippen molar-refractivity contribution in [3.05, 3.63) is 18.1 Å². The molecule has 0 atom stereocenters. The quantitative estimate of drug-likeness (QED) is 0.768. The molecule has 5 nitrogen and oxygen atoms in total. The fraction of sp³-hybridized carbons (Fsp3) is 0.500. The van der Waals surface area contributed by atoms with Crippen LogP contribution in [0.25, 0.3) is 0 Å². The lowest BCUT2D eigenvalue weighted by Gasteiger charge is -2.06. The van der Waals surface area contributed by atoms with Crippen molar-refractivity contribution in [2.45, 2.75) is 20.3 Å². The lowest BCUT2D eigenvalue weighted by Crippen LogP contribution is -2.26. The van der Waals surface area contributed by atoms with Crippen molar-refractivity contribution in [2.75, 3.05) is 12.3 Å². The summed E-state index contributed by atoms with van der Waals surface area (Å²) in [5.41, 5.74) is 5.66. The highest BCUT2D eigenvalue weighted by atomic mass is 16.1. The van der Waals surface area contributed by atoms with Crippen LogP contribution < -0.4 is 11.1 Å². The number of carbonyl (C=O) groups is 1. The molecule has 0 aliphatic rings. The zero-order valence-electron chi connectivity index (χ0n) is 9.03. The second-order valence-corrected chi connectivity index (χ2v) is 3.76. The van der Waals surface area contributed by atoms with E-state index < -0.39 is 0 Å². The third-order valence-corrected chi connectivity index (χ3v) is 1.91. The highest BCUT2D eigenvalue weighted by Gasteiger charge is 2.06. The van der Waals surface area contributed by atoms with Crippen LogP contribution in [-0.2, 0) is 0 Å². The molecule has 15 heavy (non-hydrogen) atoms. The van der Waals surface area contributed by atoms with Crippen LogP contribution >= 0.6 is 0 Å². The van der Waals surface area contributed by atoms with Gasteiger partial charge >= 0.3 is 0 Å². The van der Waals surface area contributed by atoms with Gasteiger partial charge in [-0.2, -0.15) is 0 Å². The smallest absolute Gasteiger partial charge is 0.271 e. The van der Waals surface area contributed by atoms with E-state index in [1.807, 2.05) is 0 Å². The van der Waals surface area contributed by atoms with Gasteiger partial charge in [0.1, 0.15) is 11.5 Å². The first kappa shape index (κ1) is 11.4. The summed E-state index contributed by atoms with van der Waals surface area (Å²) in [6.07, 6.45) is 3.70. The van der Waals surface area contributed by atoms with Gasteiger partial charge in [0.25, 0.3) is 5.91 Å². The van der Waals surface area contributed by atoms with E-state index in [1.165, 1.54) is 12.4 Å². The Kier molecular flexibility index (Phi) is 4.03. The molecule has 0 radical (unpaired) electrons. The van der Waals surface area contributed by atoms with E-state index in [9.17, 15) is 4.79 Å². The van der Waals surface area contributed by atoms with Crippen molar-refractivity contribution in [1.82, 2.24) is 15.3 Å². The first-order valence-electron chi connectivity index (χ1n) is 4.95. The molecule has 0 unspecified atom stereocenters. The molecule has 0 fully saturated rings. The first-order chi connectivity index (χ1) is 7.09. The summed E-state index contributed by atoms with van der Waals surface area (Å²) in [4.78, 5) is 19.2. The lowest BCUT2D eigenvalue weighted by molar-refractivity contribution is 0.0946. The number of carbonyl (C=O) groups excluding carboxylic acids is 1. The van der Waals surface area contributed by atoms with E-state index in [4.69, 9.17) is 5.73 Å². The molecule has 0 saturated carbocycles. The van der Waals surface area contributed by atoms with Crippen LogP contribution in [0.3, 0.4) is 0 Å². The van der Waals surface area contributed by atoms with E-state index in [-0.39, 0.29) is 5.91 Å². The Hall–Kier alpha value is -1.65. The Morgan fingerprint density at radius 2 is 2.20 bits per heavy atom. The minimum atomic E-state index is -0.205. The van der Waals surface area contributed by atoms with Gasteiger partial charge in [0, 0.05) is 6.54 Å². The number of hydrogen-bond acceptors (Lipinski definition) is 4. The second kappa shape index (κ2) is 5.29. The van der Waals surface area contributed by atoms with Gasteiger partial charge in [-0.1, -0.05) is 13.8 Å². The van der Waals surface area contributed by atoms with Gasteiger partial charge in [-0.15, -0.1) is 0 Å². The van der Waals surface area contributed by atoms with Gasteiger partial charge in [0.2, 0.25) is 0 Å². The molecule has 1 aromatic heterocycles. The van der Waals surface area contributed by atoms with Gasteiger partial charge < -0.3 is 11.1 Å². The third kappa shape index (κ3) is 3.93. The number of nitrogen functional groups attached to an aromatic ring is 1. The molecule has 1 rings (SSSR count). The molecule has 0 aromatic carbocycles. The number of nitrogens with two attached hydrogens (primary N) is 1. The summed E-state index contributed by atoms with van der Waals surface area (Å²) in [5.74, 6) is 0.680. The van der Waals surface area contributed by atoms with E-state index >= 15 is 0 Å². The largest absolute Gasteiger partial charge is 0.382 e. The molecule has 0 bridgehead atoms. The summed E-state index contributed by atoms with van der Waals surface area (Å²) in [5, 5.41) is 2.77. The average molecular weight is 208 g/mol. The van der Waals surface area contributed by atoms with E-state index in [0.717, 1.165) is 6.42 Å². The number of amides is 1. The molecule has 0 aliphatic carbocycles. The van der Waals surface area contributed by atoms with Gasteiger partial charge in [0.15, 0.2) is 0 Å². The first-order valence-corrected chi connectivity index (χ1v) is 4.95. The molecule has 0 spiro atoms. The number of hydrogen-bond donors (Lipinski definition) is 2. The maximum atomic E-state index is 11.5. The molecule has 1 heterocycles. The Balaban J connectivity index is 2.43. The molecular weight excluding hydrogens is 192 g/mol. The van der Waals surface area contributed by atoms with Gasteiger partial charge in [-0.3, -0.25) is 4.79 Å². The number of anilines is 1. The Morgan fingerprint density at radius 1 is 1.47 bits per heavy atom. The minimum Gasteiger partial charge on any atom is -0.382 e. The van der Waals surface area contributed by atoms with Crippen LogP contribution in [-0.4, -0.2) is 22.4 Å². The zero-order chi connectivity index (χ0) is 11.3. The van der Waals surface area contributed by atoms with Crippen molar-refractivity contribution in [1.29, 1.82) is 0 Å². The van der Waals surface area contributed by atoms with Crippen LogP contribution in [0.4, 0.5) is 5.82 Å². The minimum absolute atomic E-state index is 0.205. The predicted octanol–water partition coefficient (Wildman–Crippen LogP) is 0.835. The zero-order valence-corrected chi connectivity index (χ0v) is 9.03. The van der Waals surface area contributed by atoms with Gasteiger partial charge in [-0.05, 0) is 12.3 Å². The predicted molar refractivity (Wildman–Crippen MR) is 58.2 cm³/mol. The Morgan fingerprint density at radius 3 is 2.73 bits per heavy atom. The normalized spacial score (nSPS) is 10.3. The average Bonchev–Trinajstić information content (AvgIpc) is 2.18. The summed E-state index contributed by atoms with van der Waals surface area (Å²) < 4.78 is 0. The molecule has 3 N–H and O–H groups in total. The monoisotopic (exact) mass is 208 g/mol. The van der Waals surface area contributed by atoms with Crippen LogP contribution in [0.1, 0.15) is 30.8 Å². The van der Waals surface area contributed by atoms with Crippen LogP contribution in [0.5, 0.6) is 0 Å². The highest BCUT2D eigenvalue weighted by molar-refractivity contribution is 5.91. The second-order valence-electron chi connectivity index (χ2n) is 3.76. The van der Waals surface area contributed by atoms with Gasteiger partial charge in [0.05, 0.1) is 12.4 Å². The fourth-order valence-corrected chi connectivity index (χ4v) is 1.02. The molecule has 5 heteroatoms. The van der Waals surface area contributed by atoms with E-state index in [1.54, 1.807) is 0 Å². The van der Waals surface area contributed by atoms with Crippen molar-refractivity contribution in [3.63, 3.8) is 0 Å². The number of aromatic nitrogens is 2. The van der Waals surface area contributed by atoms with Crippen molar-refractivity contribution in [2.24, 2.45) is 5.92 Å². The molecular formula is C10H16N4O. The van der Waals surface area contributed by atoms with Crippen molar-refractivity contribution < 1.29 is 4.79 Å². The maximum absolute atomic E-state index is 11.5. The van der Waals surface area contributed by atoms with Crippen LogP contribution in [0, 0.1) is 5.92 Å². The molecule has 0 aliphatic heterocycles. The standard InChI is InChI=1S/C10H16N4O/c1-7(2)3-4-12-10(15)8-5-14-9(11)6-13-8/h5-7H,3-4H2,1-2H3,(H2,11,14)(H,12,15). The molecule has 82 valence electrons. The maximum Gasteiger partial charge on any atom is 0.271 e. The van der Waals surface area contributed by atoms with Crippen molar-refractivity contribution in [3.8, 4) is 0 Å². The summed E-state index contributed by atoms with van der Waals surface area (Å²) >= 11 is 0. The molecule has 0 saturated heterocycles. The topological polar surface area (TPSA) is 80.9 Å². The number of nitrogens with zero attached hydrogens (tertiary/aromatic N) is 2. The highest BCUT2D eigenvalue weighted by Crippen LogP contribution is 1.98. The Labute approximate surface area is 89.1 Å². The van der Waals surface area contributed by atoms with Crippen molar-refractivity contribution >= 4 is 11.7 Å². The Bertz CT molecular complexity index is 321. The van der Waals surface area contributed by atoms with Crippen LogP contribution in [0.15, 0.2) is 12.4 Å². The third-order valence-electron chi connectivity index (χ3n) is 1.91. The van der Waals surface area contributed by atoms with E-state index in [0.29, 0.717) is 24.0 Å². The lowest BCUT2D eigenvalue weighted by atomic mass is 10.1. The summed E-state index contributed by atoms with van der Waals surface area (Å²) in [6, 6.07) is 0. The molecule has 1 aromatic rings. The van der Waals surface area contributed by atoms with E-state index in [2.05, 4.69) is 29.1 Å². The van der Waals surface area contributed by atoms with Gasteiger partial charge in [-0.25, -0.2) is 9.97 Å². The number of rotatable bonds is 4. The fourth-order valence-electron chi connectivity index (χ4n) is 1.02. The summed E-state index contributed by atoms with van der Waals surface area (Å²) in [7, 11) is 0. The SMILES string of the molecule is CC(C)CCNC(=O)c1cnc(N)cn1. The summed E-state index contributed by atoms with van der Waals surface area (Å²) in [6.45, 7) is 4.87. The molecule has 1 amide bonds. The van der Waals surface area contributed by atoms with Crippen LogP contribution in [0.2, 0.25) is 0 Å².